The molecule has 1 aliphatic carbocycles. The maximum absolute atomic E-state index is 15.4. The second-order valence-corrected chi connectivity index (χ2v) is 14.0. The molecule has 3 atom stereocenters. The van der Waals surface area contributed by atoms with Crippen LogP contribution in [-0.4, -0.2) is 42.3 Å². The van der Waals surface area contributed by atoms with Crippen LogP contribution >= 0.6 is 11.6 Å². The van der Waals surface area contributed by atoms with Gasteiger partial charge >= 0.3 is 0 Å². The van der Waals surface area contributed by atoms with Gasteiger partial charge in [-0.1, -0.05) is 11.6 Å². The zero-order chi connectivity index (χ0) is 26.1. The molecule has 3 aliphatic rings. The summed E-state index contributed by atoms with van der Waals surface area (Å²) >= 11 is 6.15. The van der Waals surface area contributed by atoms with Crippen LogP contribution in [0.4, 0.5) is 4.39 Å². The lowest BCUT2D eigenvalue weighted by molar-refractivity contribution is 0.0987. The average Bonchev–Trinajstić information content (AvgIpc) is 3.59. The number of pyridine rings is 2. The van der Waals surface area contributed by atoms with E-state index in [1.54, 1.807) is 20.8 Å². The number of Topliss-reactive ketones (excluding diaryl/α,β-unsaturated/α-hetero) is 1. The van der Waals surface area contributed by atoms with Crippen molar-refractivity contribution in [2.75, 3.05) is 6.54 Å². The zero-order valence-electron chi connectivity index (χ0n) is 20.2. The predicted octanol–water partition coefficient (Wildman–Crippen LogP) is 3.95. The van der Waals surface area contributed by atoms with E-state index in [-0.39, 0.29) is 39.6 Å². The fraction of sp³-hybridized carbons (Fsp3) is 0.480. The molecule has 1 spiro atoms. The van der Waals surface area contributed by atoms with E-state index in [0.717, 1.165) is 12.8 Å². The Bertz CT molecular complexity index is 1500. The molecule has 36 heavy (non-hydrogen) atoms. The molecule has 0 saturated heterocycles. The first-order valence-corrected chi connectivity index (χ1v) is 13.6. The van der Waals surface area contributed by atoms with Gasteiger partial charge < -0.3 is 5.73 Å². The summed E-state index contributed by atoms with van der Waals surface area (Å²) in [5, 5.41) is 8.47. The summed E-state index contributed by atoms with van der Waals surface area (Å²) in [5.41, 5.74) is 5.53. The van der Waals surface area contributed by atoms with Crippen LogP contribution < -0.4 is 5.73 Å². The number of ketones is 1. The van der Waals surface area contributed by atoms with Crippen molar-refractivity contribution < 1.29 is 13.4 Å². The number of halogens is 2. The van der Waals surface area contributed by atoms with Gasteiger partial charge in [-0.15, -0.1) is 0 Å². The van der Waals surface area contributed by atoms with Crippen molar-refractivity contribution in [3.05, 3.63) is 57.9 Å². The molecule has 0 bridgehead atoms. The number of aliphatic imine (C=N–C) groups is 1. The normalized spacial score (nSPS) is 29.4. The molecule has 11 heteroatoms. The standard InChI is InChI=1S/C25H26ClFN6O2S/c1-23(2)22(29)33-24(3,19-10-25(6-7-25)13-31-36(19,23)35)21-17(27)5-4-15(32-21)9-18(34)20-16(26)8-14(11-28)12-30-20/h4-5,8,12,19H,6-7,9-10,13H2,1-3H3,(H2,29,33)/t19-,24+,36-/m1/s1. The highest BCUT2D eigenvalue weighted by Crippen LogP contribution is 2.58. The average molecular weight is 529 g/mol. The van der Waals surface area contributed by atoms with Gasteiger partial charge in [-0.25, -0.2) is 13.0 Å². The van der Waals surface area contributed by atoms with E-state index in [9.17, 15) is 9.00 Å². The van der Waals surface area contributed by atoms with Gasteiger partial charge in [-0.3, -0.25) is 19.8 Å². The fourth-order valence-corrected chi connectivity index (χ4v) is 8.82. The quantitative estimate of drug-likeness (QED) is 0.597. The number of nitrogens with two attached hydrogens (primary N) is 1. The van der Waals surface area contributed by atoms with E-state index in [0.29, 0.717) is 18.7 Å². The lowest BCUT2D eigenvalue weighted by atomic mass is 9.84. The van der Waals surface area contributed by atoms with Crippen molar-refractivity contribution in [1.29, 1.82) is 5.26 Å². The van der Waals surface area contributed by atoms with E-state index in [4.69, 9.17) is 32.0 Å². The minimum atomic E-state index is -2.91. The van der Waals surface area contributed by atoms with Crippen LogP contribution in [0.1, 0.15) is 67.5 Å². The number of carbonyl (C=O) groups is 1. The minimum absolute atomic E-state index is 0.000935. The largest absolute Gasteiger partial charge is 0.386 e. The minimum Gasteiger partial charge on any atom is -0.386 e. The van der Waals surface area contributed by atoms with Gasteiger partial charge in [0, 0.05) is 11.9 Å². The molecular formula is C25H26ClFN6O2S. The third kappa shape index (κ3) is 3.63. The second-order valence-electron chi connectivity index (χ2n) is 10.6. The van der Waals surface area contributed by atoms with Crippen LogP contribution in [0.5, 0.6) is 0 Å². The number of hydrogen-bond donors (Lipinski definition) is 1. The third-order valence-corrected chi connectivity index (χ3v) is 11.7. The zero-order valence-corrected chi connectivity index (χ0v) is 21.8. The molecule has 0 aromatic carbocycles. The van der Waals surface area contributed by atoms with Crippen LogP contribution in [0.2, 0.25) is 5.02 Å². The van der Waals surface area contributed by atoms with Gasteiger partial charge in [0.1, 0.15) is 39.4 Å². The van der Waals surface area contributed by atoms with E-state index in [1.165, 1.54) is 24.4 Å². The smallest absolute Gasteiger partial charge is 0.188 e. The molecule has 1 saturated carbocycles. The van der Waals surface area contributed by atoms with Crippen LogP contribution in [0.3, 0.4) is 0 Å². The molecule has 188 valence electrons. The number of fused-ring (bicyclic) bond motifs is 1. The second kappa shape index (κ2) is 8.05. The van der Waals surface area contributed by atoms with Crippen molar-refractivity contribution in [1.82, 2.24) is 9.97 Å². The molecule has 2 aromatic heterocycles. The van der Waals surface area contributed by atoms with E-state index < -0.39 is 36.9 Å². The predicted molar refractivity (Wildman–Crippen MR) is 135 cm³/mol. The van der Waals surface area contributed by atoms with Crippen molar-refractivity contribution in [2.45, 2.75) is 62.0 Å². The van der Waals surface area contributed by atoms with Crippen molar-refractivity contribution in [3.63, 3.8) is 0 Å². The number of aromatic nitrogens is 2. The highest BCUT2D eigenvalue weighted by Gasteiger charge is 2.62. The van der Waals surface area contributed by atoms with Crippen molar-refractivity contribution in [3.8, 4) is 6.07 Å². The van der Waals surface area contributed by atoms with Gasteiger partial charge in [-0.2, -0.15) is 5.26 Å². The summed E-state index contributed by atoms with van der Waals surface area (Å²) in [7, 11) is -2.91. The van der Waals surface area contributed by atoms with Crippen LogP contribution in [0, 0.1) is 22.6 Å². The van der Waals surface area contributed by atoms with E-state index in [1.807, 2.05) is 6.07 Å². The monoisotopic (exact) mass is 528 g/mol. The van der Waals surface area contributed by atoms with Gasteiger partial charge in [0.25, 0.3) is 0 Å². The topological polar surface area (TPSA) is 134 Å². The molecule has 0 amide bonds. The molecule has 0 radical (unpaired) electrons. The Labute approximate surface area is 214 Å². The van der Waals surface area contributed by atoms with Crippen molar-refractivity contribution in [2.24, 2.45) is 20.5 Å². The number of hydrogen-bond acceptors (Lipinski definition) is 8. The lowest BCUT2D eigenvalue weighted by Gasteiger charge is -2.49. The van der Waals surface area contributed by atoms with Gasteiger partial charge in [0.2, 0.25) is 0 Å². The van der Waals surface area contributed by atoms with E-state index in [2.05, 4.69) is 9.97 Å². The molecular weight excluding hydrogens is 503 g/mol. The molecule has 2 aromatic rings. The Morgan fingerprint density at radius 1 is 1.33 bits per heavy atom. The third-order valence-electron chi connectivity index (χ3n) is 7.84. The summed E-state index contributed by atoms with van der Waals surface area (Å²) in [5.74, 6) is -0.893. The molecule has 5 rings (SSSR count). The first kappa shape index (κ1) is 24.8. The maximum atomic E-state index is 15.4. The Morgan fingerprint density at radius 2 is 2.06 bits per heavy atom. The van der Waals surface area contributed by atoms with Gasteiger partial charge in [-0.05, 0) is 63.6 Å². The summed E-state index contributed by atoms with van der Waals surface area (Å²) in [4.78, 5) is 26.2. The SMILES string of the molecule is CC1(C)C(N)=N[C@](C)(c2nc(CC(=O)c3ncc(C#N)cc3Cl)ccc2F)[C@H]2CC3(CC3)CN=[S@@]21=O. The first-order chi connectivity index (χ1) is 16.8. The lowest BCUT2D eigenvalue weighted by Crippen LogP contribution is -2.61. The maximum Gasteiger partial charge on any atom is 0.188 e. The van der Waals surface area contributed by atoms with Crippen LogP contribution in [-0.2, 0) is 21.7 Å². The molecule has 1 fully saturated rings. The Kier molecular flexibility index (Phi) is 5.54. The number of nitrogens with zero attached hydrogens (tertiary/aromatic N) is 5. The summed E-state index contributed by atoms with van der Waals surface area (Å²) in [6.07, 6.45) is 3.64. The Morgan fingerprint density at radius 3 is 2.69 bits per heavy atom. The molecule has 2 aliphatic heterocycles. The first-order valence-electron chi connectivity index (χ1n) is 11.7. The van der Waals surface area contributed by atoms with Crippen LogP contribution in [0.15, 0.2) is 33.8 Å². The molecule has 0 unspecified atom stereocenters. The molecule has 4 heterocycles. The van der Waals surface area contributed by atoms with Crippen LogP contribution in [0.25, 0.3) is 0 Å². The van der Waals surface area contributed by atoms with Crippen molar-refractivity contribution >= 4 is 32.9 Å². The highest BCUT2D eigenvalue weighted by atomic mass is 35.5. The number of carbonyl (C=O) groups excluding carboxylic acids is 1. The number of nitriles is 1. The number of amidine groups is 1. The van der Waals surface area contributed by atoms with Gasteiger partial charge in [0.05, 0.1) is 38.5 Å². The highest BCUT2D eigenvalue weighted by molar-refractivity contribution is 7.96. The summed E-state index contributed by atoms with van der Waals surface area (Å²) in [6, 6.07) is 5.94. The molecule has 2 N–H and O–H groups in total. The Balaban J connectivity index is 1.57. The number of rotatable bonds is 4. The summed E-state index contributed by atoms with van der Waals surface area (Å²) in [6.45, 7) is 5.79. The Hall–Kier alpha value is -2.90. The summed E-state index contributed by atoms with van der Waals surface area (Å²) < 4.78 is 33.5. The van der Waals surface area contributed by atoms with Gasteiger partial charge in [0.15, 0.2) is 5.78 Å². The fourth-order valence-electron chi connectivity index (χ4n) is 5.16. The molecule has 8 nitrogen and oxygen atoms in total. The van der Waals surface area contributed by atoms with E-state index >= 15 is 4.39 Å².